The Hall–Kier alpha value is -2.92. The van der Waals surface area contributed by atoms with Crippen molar-refractivity contribution in [2.24, 2.45) is 0 Å². The SMILES string of the molecule is O=C(/C=C\c1ccccc1)Nc1ccc2nc([C@@H]3CCCO3)[nH]c2c1. The summed E-state index contributed by atoms with van der Waals surface area (Å²) in [6.07, 6.45) is 5.44. The lowest BCUT2D eigenvalue weighted by molar-refractivity contribution is -0.111. The van der Waals surface area contributed by atoms with Gasteiger partial charge in [0.25, 0.3) is 0 Å². The molecule has 0 unspecified atom stereocenters. The fourth-order valence-electron chi connectivity index (χ4n) is 2.97. The second-order valence-electron chi connectivity index (χ2n) is 6.09. The Morgan fingerprint density at radius 3 is 2.92 bits per heavy atom. The highest BCUT2D eigenvalue weighted by Crippen LogP contribution is 2.28. The smallest absolute Gasteiger partial charge is 0.248 e. The van der Waals surface area contributed by atoms with Crippen LogP contribution in [-0.4, -0.2) is 22.5 Å². The summed E-state index contributed by atoms with van der Waals surface area (Å²) in [6.45, 7) is 0.788. The van der Waals surface area contributed by atoms with Crippen LogP contribution < -0.4 is 5.32 Å². The van der Waals surface area contributed by atoms with Crippen LogP contribution in [0.2, 0.25) is 0 Å². The highest BCUT2D eigenvalue weighted by atomic mass is 16.5. The van der Waals surface area contributed by atoms with Crippen molar-refractivity contribution in [3.63, 3.8) is 0 Å². The number of hydrogen-bond donors (Lipinski definition) is 2. The molecule has 1 amide bonds. The predicted molar refractivity (Wildman–Crippen MR) is 98.1 cm³/mol. The third-order valence-electron chi connectivity index (χ3n) is 4.23. The van der Waals surface area contributed by atoms with Crippen molar-refractivity contribution in [2.45, 2.75) is 18.9 Å². The van der Waals surface area contributed by atoms with Gasteiger partial charge in [-0.15, -0.1) is 0 Å². The van der Waals surface area contributed by atoms with Crippen molar-refractivity contribution >= 4 is 28.7 Å². The maximum absolute atomic E-state index is 12.1. The van der Waals surface area contributed by atoms with Crippen LogP contribution in [0.1, 0.15) is 30.3 Å². The number of carbonyl (C=O) groups excluding carboxylic acids is 1. The minimum absolute atomic E-state index is 0.0549. The van der Waals surface area contributed by atoms with E-state index in [0.29, 0.717) is 0 Å². The van der Waals surface area contributed by atoms with Crippen LogP contribution in [0.15, 0.2) is 54.6 Å². The lowest BCUT2D eigenvalue weighted by Crippen LogP contribution is -2.07. The molecular formula is C20H19N3O2. The molecule has 3 aromatic rings. The van der Waals surface area contributed by atoms with E-state index in [1.54, 1.807) is 6.08 Å². The molecule has 5 nitrogen and oxygen atoms in total. The first-order chi connectivity index (χ1) is 12.3. The van der Waals surface area contributed by atoms with Gasteiger partial charge in [-0.3, -0.25) is 4.79 Å². The highest BCUT2D eigenvalue weighted by molar-refractivity contribution is 6.02. The zero-order valence-corrected chi connectivity index (χ0v) is 13.7. The van der Waals surface area contributed by atoms with E-state index in [4.69, 9.17) is 4.74 Å². The fraction of sp³-hybridized carbons (Fsp3) is 0.200. The van der Waals surface area contributed by atoms with E-state index >= 15 is 0 Å². The van der Waals surface area contributed by atoms with Gasteiger partial charge in [0.05, 0.1) is 11.0 Å². The molecule has 0 spiro atoms. The normalized spacial score (nSPS) is 17.4. The zero-order chi connectivity index (χ0) is 17.1. The molecule has 2 N–H and O–H groups in total. The molecule has 0 radical (unpaired) electrons. The summed E-state index contributed by atoms with van der Waals surface area (Å²) in [5.41, 5.74) is 3.50. The number of fused-ring (bicyclic) bond motifs is 1. The molecular weight excluding hydrogens is 314 g/mol. The summed E-state index contributed by atoms with van der Waals surface area (Å²) in [5.74, 6) is 0.696. The number of benzene rings is 2. The zero-order valence-electron chi connectivity index (χ0n) is 13.7. The number of amides is 1. The van der Waals surface area contributed by atoms with Gasteiger partial charge in [-0.05, 0) is 42.7 Å². The van der Waals surface area contributed by atoms with Gasteiger partial charge >= 0.3 is 0 Å². The Morgan fingerprint density at radius 2 is 2.12 bits per heavy atom. The Labute approximate surface area is 145 Å². The molecule has 126 valence electrons. The van der Waals surface area contributed by atoms with Gasteiger partial charge in [0.1, 0.15) is 11.9 Å². The molecule has 1 fully saturated rings. The third kappa shape index (κ3) is 3.61. The molecule has 25 heavy (non-hydrogen) atoms. The van der Waals surface area contributed by atoms with Crippen molar-refractivity contribution < 1.29 is 9.53 Å². The Kier molecular flexibility index (Phi) is 4.31. The second-order valence-corrected chi connectivity index (χ2v) is 6.09. The van der Waals surface area contributed by atoms with E-state index in [1.807, 2.05) is 48.5 Å². The van der Waals surface area contributed by atoms with E-state index in [-0.39, 0.29) is 12.0 Å². The molecule has 5 heteroatoms. The van der Waals surface area contributed by atoms with Crippen LogP contribution >= 0.6 is 0 Å². The summed E-state index contributed by atoms with van der Waals surface area (Å²) in [4.78, 5) is 20.0. The summed E-state index contributed by atoms with van der Waals surface area (Å²) in [6, 6.07) is 15.4. The number of hydrogen-bond acceptors (Lipinski definition) is 3. The molecule has 2 aromatic carbocycles. The van der Waals surface area contributed by atoms with Crippen LogP contribution in [0, 0.1) is 0 Å². The molecule has 1 aliphatic heterocycles. The second kappa shape index (κ2) is 6.91. The Morgan fingerprint density at radius 1 is 1.24 bits per heavy atom. The van der Waals surface area contributed by atoms with E-state index in [0.717, 1.165) is 47.6 Å². The average molecular weight is 333 g/mol. The van der Waals surface area contributed by atoms with Crippen molar-refractivity contribution in [2.75, 3.05) is 11.9 Å². The Bertz CT molecular complexity index is 909. The maximum Gasteiger partial charge on any atom is 0.248 e. The molecule has 0 saturated carbocycles. The van der Waals surface area contributed by atoms with Gasteiger partial charge in [0, 0.05) is 18.4 Å². The predicted octanol–water partition coefficient (Wildman–Crippen LogP) is 4.07. The number of imidazole rings is 1. The standard InChI is InChI=1S/C20H19N3O2/c24-19(11-8-14-5-2-1-3-6-14)21-15-9-10-16-17(13-15)23-20(22-16)18-7-4-12-25-18/h1-3,5-6,8-11,13,18H,4,7,12H2,(H,21,24)(H,22,23)/b11-8-/t18-/m0/s1. The minimum Gasteiger partial charge on any atom is -0.370 e. The first-order valence-corrected chi connectivity index (χ1v) is 8.43. The van der Waals surface area contributed by atoms with Gasteiger partial charge in [-0.1, -0.05) is 30.3 Å². The van der Waals surface area contributed by atoms with Crippen LogP contribution in [0.25, 0.3) is 17.1 Å². The van der Waals surface area contributed by atoms with Gasteiger partial charge < -0.3 is 15.0 Å². The van der Waals surface area contributed by atoms with Crippen LogP contribution in [0.4, 0.5) is 5.69 Å². The molecule has 1 atom stereocenters. The summed E-state index contributed by atoms with van der Waals surface area (Å²) >= 11 is 0. The number of nitrogens with one attached hydrogen (secondary N) is 2. The topological polar surface area (TPSA) is 67.0 Å². The fourth-order valence-corrected chi connectivity index (χ4v) is 2.97. The number of aromatic nitrogens is 2. The highest BCUT2D eigenvalue weighted by Gasteiger charge is 2.21. The lowest BCUT2D eigenvalue weighted by atomic mass is 10.2. The summed E-state index contributed by atoms with van der Waals surface area (Å²) < 4.78 is 5.66. The number of carbonyl (C=O) groups is 1. The number of ether oxygens (including phenoxy) is 1. The number of anilines is 1. The maximum atomic E-state index is 12.1. The van der Waals surface area contributed by atoms with Crippen molar-refractivity contribution in [1.29, 1.82) is 0 Å². The van der Waals surface area contributed by atoms with Crippen LogP contribution in [-0.2, 0) is 9.53 Å². The third-order valence-corrected chi connectivity index (χ3v) is 4.23. The van der Waals surface area contributed by atoms with Gasteiger partial charge in [0.2, 0.25) is 5.91 Å². The lowest BCUT2D eigenvalue weighted by Gasteiger charge is -2.03. The van der Waals surface area contributed by atoms with Crippen molar-refractivity contribution in [3.05, 3.63) is 66.0 Å². The van der Waals surface area contributed by atoms with Crippen LogP contribution in [0.5, 0.6) is 0 Å². The largest absolute Gasteiger partial charge is 0.370 e. The van der Waals surface area contributed by atoms with E-state index in [2.05, 4.69) is 15.3 Å². The Balaban J connectivity index is 1.47. The summed E-state index contributed by atoms with van der Waals surface area (Å²) in [7, 11) is 0. The molecule has 0 bridgehead atoms. The first kappa shape index (κ1) is 15.6. The first-order valence-electron chi connectivity index (χ1n) is 8.43. The minimum atomic E-state index is -0.165. The molecule has 4 rings (SSSR count). The van der Waals surface area contributed by atoms with E-state index in [9.17, 15) is 4.79 Å². The molecule has 1 aliphatic rings. The molecule has 2 heterocycles. The number of nitrogens with zero attached hydrogens (tertiary/aromatic N) is 1. The monoisotopic (exact) mass is 333 g/mol. The van der Waals surface area contributed by atoms with E-state index < -0.39 is 0 Å². The van der Waals surface area contributed by atoms with Gasteiger partial charge in [-0.25, -0.2) is 4.98 Å². The van der Waals surface area contributed by atoms with E-state index in [1.165, 1.54) is 6.08 Å². The van der Waals surface area contributed by atoms with Gasteiger partial charge in [0.15, 0.2) is 0 Å². The molecule has 1 aromatic heterocycles. The number of aromatic amines is 1. The quantitative estimate of drug-likeness (QED) is 0.707. The van der Waals surface area contributed by atoms with Gasteiger partial charge in [-0.2, -0.15) is 0 Å². The molecule has 0 aliphatic carbocycles. The molecule has 1 saturated heterocycles. The van der Waals surface area contributed by atoms with Crippen LogP contribution in [0.3, 0.4) is 0 Å². The number of rotatable bonds is 4. The summed E-state index contributed by atoms with van der Waals surface area (Å²) in [5, 5.41) is 2.88. The average Bonchev–Trinajstić information content (AvgIpc) is 3.30. The van der Waals surface area contributed by atoms with Crippen molar-refractivity contribution in [3.8, 4) is 0 Å². The number of H-pyrrole nitrogens is 1. The van der Waals surface area contributed by atoms with Crippen molar-refractivity contribution in [1.82, 2.24) is 9.97 Å².